The van der Waals surface area contributed by atoms with E-state index in [4.69, 9.17) is 16.9 Å². The van der Waals surface area contributed by atoms with Gasteiger partial charge in [-0.1, -0.05) is 17.7 Å². The summed E-state index contributed by atoms with van der Waals surface area (Å²) >= 11 is 5.95. The molecule has 0 saturated heterocycles. The van der Waals surface area contributed by atoms with Crippen molar-refractivity contribution in [3.05, 3.63) is 33.8 Å². The van der Waals surface area contributed by atoms with Crippen LogP contribution in [0.3, 0.4) is 0 Å². The number of carbonyl (C=O) groups excluding carboxylic acids is 1. The zero-order valence-corrected chi connectivity index (χ0v) is 9.26. The largest absolute Gasteiger partial charge is 0.469 e. The number of rotatable bonds is 2. The van der Waals surface area contributed by atoms with Gasteiger partial charge in [-0.15, -0.1) is 0 Å². The van der Waals surface area contributed by atoms with Gasteiger partial charge in [0.15, 0.2) is 0 Å². The average Bonchev–Trinajstić information content (AvgIpc) is 2.25. The Morgan fingerprint density at radius 1 is 1.60 bits per heavy atom. The van der Waals surface area contributed by atoms with Crippen LogP contribution in [0.15, 0.2) is 12.1 Å². The fourth-order valence-electron chi connectivity index (χ4n) is 1.23. The highest BCUT2D eigenvalue weighted by molar-refractivity contribution is 6.32. The van der Waals surface area contributed by atoms with Crippen LogP contribution < -0.4 is 0 Å². The van der Waals surface area contributed by atoms with Crippen molar-refractivity contribution >= 4 is 17.6 Å². The number of hydrogen-bond donors (Lipinski definition) is 0. The third-order valence-electron chi connectivity index (χ3n) is 2.18. The number of carbonyl (C=O) groups is 1. The maximum atomic E-state index is 11.1. The number of nitriles is 1. The first kappa shape index (κ1) is 11.5. The van der Waals surface area contributed by atoms with Crippen LogP contribution in [0.25, 0.3) is 0 Å². The quantitative estimate of drug-likeness (QED) is 0.723. The standard InChI is InChI=1S/C11H10ClNO2/c1-7-8(5-10(14)15-2)3-4-9(6-13)11(7)12/h3-4H,5H2,1-2H3. The Morgan fingerprint density at radius 2 is 2.27 bits per heavy atom. The molecule has 1 rings (SSSR count). The first-order valence-corrected chi connectivity index (χ1v) is 4.72. The summed E-state index contributed by atoms with van der Waals surface area (Å²) in [7, 11) is 1.34. The summed E-state index contributed by atoms with van der Waals surface area (Å²) in [6.45, 7) is 1.78. The molecule has 0 bridgehead atoms. The van der Waals surface area contributed by atoms with Crippen LogP contribution in [0.1, 0.15) is 16.7 Å². The van der Waals surface area contributed by atoms with Crippen LogP contribution in [-0.2, 0) is 16.0 Å². The topological polar surface area (TPSA) is 50.1 Å². The second-order valence-corrected chi connectivity index (χ2v) is 3.45. The van der Waals surface area contributed by atoms with Crippen molar-refractivity contribution in [3.63, 3.8) is 0 Å². The molecular weight excluding hydrogens is 214 g/mol. The molecule has 1 aromatic rings. The van der Waals surface area contributed by atoms with Gasteiger partial charge in [0.2, 0.25) is 0 Å². The van der Waals surface area contributed by atoms with Crippen LogP contribution in [0.4, 0.5) is 0 Å². The second kappa shape index (κ2) is 4.81. The van der Waals surface area contributed by atoms with Gasteiger partial charge in [0.05, 0.1) is 24.1 Å². The lowest BCUT2D eigenvalue weighted by molar-refractivity contribution is -0.139. The SMILES string of the molecule is COC(=O)Cc1ccc(C#N)c(Cl)c1C. The van der Waals surface area contributed by atoms with Gasteiger partial charge in [-0.3, -0.25) is 4.79 Å². The molecule has 0 aliphatic rings. The third-order valence-corrected chi connectivity index (χ3v) is 2.67. The predicted molar refractivity (Wildman–Crippen MR) is 56.6 cm³/mol. The number of methoxy groups -OCH3 is 1. The number of hydrogen-bond acceptors (Lipinski definition) is 3. The summed E-state index contributed by atoms with van der Waals surface area (Å²) in [6.07, 6.45) is 0.174. The van der Waals surface area contributed by atoms with E-state index < -0.39 is 0 Å². The van der Waals surface area contributed by atoms with Crippen molar-refractivity contribution in [1.82, 2.24) is 0 Å². The summed E-state index contributed by atoms with van der Waals surface area (Å²) in [5.74, 6) is -0.320. The molecule has 0 atom stereocenters. The summed E-state index contributed by atoms with van der Waals surface area (Å²) in [6, 6.07) is 5.31. The van der Waals surface area contributed by atoms with Crippen LogP contribution >= 0.6 is 11.6 Å². The average molecular weight is 224 g/mol. The van der Waals surface area contributed by atoms with Crippen molar-refractivity contribution in [1.29, 1.82) is 5.26 Å². The maximum absolute atomic E-state index is 11.1. The van der Waals surface area contributed by atoms with Gasteiger partial charge < -0.3 is 4.74 Å². The van der Waals surface area contributed by atoms with Crippen LogP contribution in [-0.4, -0.2) is 13.1 Å². The Morgan fingerprint density at radius 3 is 2.80 bits per heavy atom. The van der Waals surface area contributed by atoms with E-state index in [1.165, 1.54) is 7.11 Å². The minimum absolute atomic E-state index is 0.174. The maximum Gasteiger partial charge on any atom is 0.309 e. The highest BCUT2D eigenvalue weighted by Gasteiger charge is 2.10. The minimum atomic E-state index is -0.320. The first-order chi connectivity index (χ1) is 7.10. The van der Waals surface area contributed by atoms with Crippen molar-refractivity contribution < 1.29 is 9.53 Å². The molecule has 0 N–H and O–H groups in total. The van der Waals surface area contributed by atoms with E-state index in [9.17, 15) is 4.79 Å². The Labute approximate surface area is 93.2 Å². The lowest BCUT2D eigenvalue weighted by atomic mass is 10.0. The third kappa shape index (κ3) is 2.48. The van der Waals surface area contributed by atoms with Gasteiger partial charge in [0, 0.05) is 0 Å². The van der Waals surface area contributed by atoms with Gasteiger partial charge in [-0.2, -0.15) is 5.26 Å². The van der Waals surface area contributed by atoms with E-state index in [1.807, 2.05) is 6.07 Å². The van der Waals surface area contributed by atoms with E-state index >= 15 is 0 Å². The van der Waals surface area contributed by atoms with Gasteiger partial charge in [0.1, 0.15) is 6.07 Å². The molecule has 0 aliphatic heterocycles. The molecule has 0 spiro atoms. The number of nitrogens with zero attached hydrogens (tertiary/aromatic N) is 1. The van der Waals surface area contributed by atoms with Crippen molar-refractivity contribution in [3.8, 4) is 6.07 Å². The van der Waals surface area contributed by atoms with Gasteiger partial charge in [-0.25, -0.2) is 0 Å². The van der Waals surface area contributed by atoms with Gasteiger partial charge in [0.25, 0.3) is 0 Å². The second-order valence-electron chi connectivity index (χ2n) is 3.08. The summed E-state index contributed by atoms with van der Waals surface area (Å²) in [5, 5.41) is 9.14. The summed E-state index contributed by atoms with van der Waals surface area (Å²) in [5.41, 5.74) is 1.95. The monoisotopic (exact) mass is 223 g/mol. The van der Waals surface area contributed by atoms with Gasteiger partial charge in [-0.05, 0) is 24.1 Å². The molecular formula is C11H10ClNO2. The lowest BCUT2D eigenvalue weighted by Crippen LogP contribution is -2.06. The first-order valence-electron chi connectivity index (χ1n) is 4.35. The molecule has 1 aromatic carbocycles. The molecule has 0 amide bonds. The molecule has 0 heterocycles. The molecule has 0 unspecified atom stereocenters. The van der Waals surface area contributed by atoms with Crippen LogP contribution in [0, 0.1) is 18.3 Å². The molecule has 0 radical (unpaired) electrons. The van der Waals surface area contributed by atoms with Crippen LogP contribution in [0.2, 0.25) is 5.02 Å². The Hall–Kier alpha value is -1.53. The number of halogens is 1. The Kier molecular flexibility index (Phi) is 3.70. The van der Waals surface area contributed by atoms with E-state index in [2.05, 4.69) is 4.74 Å². The van der Waals surface area contributed by atoms with Crippen molar-refractivity contribution in [2.24, 2.45) is 0 Å². The molecule has 3 nitrogen and oxygen atoms in total. The fraction of sp³-hybridized carbons (Fsp3) is 0.273. The van der Waals surface area contributed by atoms with E-state index in [0.717, 1.165) is 11.1 Å². The van der Waals surface area contributed by atoms with Crippen LogP contribution in [0.5, 0.6) is 0 Å². The molecule has 78 valence electrons. The van der Waals surface area contributed by atoms with Crippen molar-refractivity contribution in [2.45, 2.75) is 13.3 Å². The summed E-state index contributed by atoms with van der Waals surface area (Å²) in [4.78, 5) is 11.1. The molecule has 4 heteroatoms. The fourth-order valence-corrected chi connectivity index (χ4v) is 1.46. The number of ether oxygens (including phenoxy) is 1. The minimum Gasteiger partial charge on any atom is -0.469 e. The predicted octanol–water partition coefficient (Wildman–Crippen LogP) is 2.24. The zero-order valence-electron chi connectivity index (χ0n) is 8.50. The number of benzene rings is 1. The normalized spacial score (nSPS) is 9.47. The highest BCUT2D eigenvalue weighted by Crippen LogP contribution is 2.23. The highest BCUT2D eigenvalue weighted by atomic mass is 35.5. The lowest BCUT2D eigenvalue weighted by Gasteiger charge is -2.07. The van der Waals surface area contributed by atoms with E-state index in [1.54, 1.807) is 19.1 Å². The molecule has 0 aliphatic carbocycles. The Bertz CT molecular complexity index is 435. The molecule has 15 heavy (non-hydrogen) atoms. The van der Waals surface area contributed by atoms with Gasteiger partial charge >= 0.3 is 5.97 Å². The smallest absolute Gasteiger partial charge is 0.309 e. The number of esters is 1. The molecule has 0 fully saturated rings. The molecule has 0 saturated carbocycles. The molecule has 0 aromatic heterocycles. The Balaban J connectivity index is 3.08. The van der Waals surface area contributed by atoms with E-state index in [-0.39, 0.29) is 12.4 Å². The summed E-state index contributed by atoms with van der Waals surface area (Å²) < 4.78 is 4.56. The van der Waals surface area contributed by atoms with E-state index in [0.29, 0.717) is 10.6 Å². The van der Waals surface area contributed by atoms with Crippen molar-refractivity contribution in [2.75, 3.05) is 7.11 Å². The zero-order chi connectivity index (χ0) is 11.4.